The van der Waals surface area contributed by atoms with Crippen LogP contribution in [0.25, 0.3) is 0 Å². The van der Waals surface area contributed by atoms with E-state index in [-0.39, 0.29) is 24.6 Å². The average molecular weight is 339 g/mol. The zero-order valence-electron chi connectivity index (χ0n) is 13.6. The molecule has 0 bridgehead atoms. The van der Waals surface area contributed by atoms with Crippen LogP contribution in [0.4, 0.5) is 8.78 Å². The predicted molar refractivity (Wildman–Crippen MR) is 87.4 cm³/mol. The van der Waals surface area contributed by atoms with Crippen molar-refractivity contribution >= 4 is 11.7 Å². The van der Waals surface area contributed by atoms with Crippen LogP contribution in [0, 0.1) is 11.3 Å². The van der Waals surface area contributed by atoms with Gasteiger partial charge in [-0.05, 0) is 18.9 Å². The molecule has 1 aromatic rings. The molecule has 1 fully saturated rings. The lowest BCUT2D eigenvalue weighted by Crippen LogP contribution is -2.52. The third kappa shape index (κ3) is 4.58. The van der Waals surface area contributed by atoms with Gasteiger partial charge in [0.2, 0.25) is 0 Å². The molecule has 0 aliphatic carbocycles. The summed E-state index contributed by atoms with van der Waals surface area (Å²) in [6.07, 6.45) is -2.01. The first-order valence-corrected chi connectivity index (χ1v) is 8.08. The lowest BCUT2D eigenvalue weighted by atomic mass is 9.89. The number of piperidine rings is 1. The van der Waals surface area contributed by atoms with E-state index in [0.717, 1.165) is 0 Å². The van der Waals surface area contributed by atoms with Crippen molar-refractivity contribution in [2.24, 2.45) is 5.92 Å². The minimum atomic E-state index is -2.57. The van der Waals surface area contributed by atoms with E-state index in [4.69, 9.17) is 10.1 Å². The Labute approximate surface area is 140 Å². The molecule has 2 atom stereocenters. The second-order valence-corrected chi connectivity index (χ2v) is 5.70. The number of carbonyl (C=O) groups excluding carboxylic acids is 1. The van der Waals surface area contributed by atoms with Crippen LogP contribution in [0.1, 0.15) is 30.9 Å². The Hall–Kier alpha value is -1.86. The van der Waals surface area contributed by atoms with E-state index in [2.05, 4.69) is 10.6 Å². The molecule has 1 aliphatic heterocycles. The summed E-state index contributed by atoms with van der Waals surface area (Å²) in [7, 11) is 0. The van der Waals surface area contributed by atoms with Crippen molar-refractivity contribution in [3.8, 4) is 0 Å². The van der Waals surface area contributed by atoms with E-state index >= 15 is 0 Å². The molecule has 1 heterocycles. The van der Waals surface area contributed by atoms with Gasteiger partial charge in [-0.2, -0.15) is 0 Å². The minimum Gasteiger partial charge on any atom is -0.465 e. The summed E-state index contributed by atoms with van der Waals surface area (Å²) in [5, 5.41) is 14.3. The fraction of sp³-hybridized carbons (Fsp3) is 0.529. The number of carbonyl (C=O) groups is 1. The van der Waals surface area contributed by atoms with Gasteiger partial charge in [-0.25, -0.2) is 8.78 Å². The highest BCUT2D eigenvalue weighted by molar-refractivity contribution is 5.91. The molecule has 0 aromatic heterocycles. The van der Waals surface area contributed by atoms with Gasteiger partial charge in [0, 0.05) is 36.8 Å². The van der Waals surface area contributed by atoms with E-state index in [9.17, 15) is 13.6 Å². The highest BCUT2D eigenvalue weighted by Crippen LogP contribution is 2.23. The largest absolute Gasteiger partial charge is 0.465 e. The number of benzene rings is 1. The summed E-state index contributed by atoms with van der Waals surface area (Å²) < 4.78 is 31.3. The lowest BCUT2D eigenvalue weighted by molar-refractivity contribution is -0.146. The van der Waals surface area contributed by atoms with Gasteiger partial charge in [0.05, 0.1) is 6.61 Å². The third-order valence-electron chi connectivity index (χ3n) is 4.13. The highest BCUT2D eigenvalue weighted by atomic mass is 19.3. The monoisotopic (exact) mass is 339 g/mol. The summed E-state index contributed by atoms with van der Waals surface area (Å²) in [4.78, 5) is 12.3. The maximum Gasteiger partial charge on any atom is 0.323 e. The molecule has 0 radical (unpaired) electrons. The third-order valence-corrected chi connectivity index (χ3v) is 4.13. The smallest absolute Gasteiger partial charge is 0.323 e. The molecule has 7 heteroatoms. The fourth-order valence-corrected chi connectivity index (χ4v) is 2.86. The Kier molecular flexibility index (Phi) is 6.81. The summed E-state index contributed by atoms with van der Waals surface area (Å²) in [5.74, 6) is -0.790. The number of ether oxygens (including phenoxy) is 1. The number of hydrogen-bond acceptors (Lipinski definition) is 5. The number of halogens is 2. The molecule has 1 saturated heterocycles. The second kappa shape index (κ2) is 8.84. The van der Waals surface area contributed by atoms with Gasteiger partial charge in [-0.1, -0.05) is 24.3 Å². The van der Waals surface area contributed by atoms with Crippen LogP contribution in [-0.4, -0.2) is 37.4 Å². The van der Waals surface area contributed by atoms with Crippen molar-refractivity contribution in [3.63, 3.8) is 0 Å². The molecule has 5 nitrogen and oxygen atoms in total. The van der Waals surface area contributed by atoms with Crippen LogP contribution in [0.2, 0.25) is 0 Å². The number of esters is 1. The summed E-state index contributed by atoms with van der Waals surface area (Å²) >= 11 is 0. The normalized spacial score (nSPS) is 19.3. The van der Waals surface area contributed by atoms with Crippen molar-refractivity contribution in [1.82, 2.24) is 10.6 Å². The molecule has 2 unspecified atom stereocenters. The molecular weight excluding hydrogens is 316 g/mol. The number of hydrogen-bond donors (Lipinski definition) is 3. The van der Waals surface area contributed by atoms with Crippen molar-refractivity contribution in [3.05, 3.63) is 35.4 Å². The van der Waals surface area contributed by atoms with Gasteiger partial charge < -0.3 is 15.5 Å². The first kappa shape index (κ1) is 18.5. The van der Waals surface area contributed by atoms with E-state index in [1.165, 1.54) is 6.07 Å². The number of alkyl halides is 2. The van der Waals surface area contributed by atoms with Crippen LogP contribution < -0.4 is 10.6 Å². The molecular formula is C17H23F2N3O2. The molecule has 1 aliphatic rings. The van der Waals surface area contributed by atoms with Crippen LogP contribution in [0.15, 0.2) is 24.3 Å². The van der Waals surface area contributed by atoms with Gasteiger partial charge in [0.1, 0.15) is 6.04 Å². The summed E-state index contributed by atoms with van der Waals surface area (Å²) in [6.45, 7) is 3.27. The van der Waals surface area contributed by atoms with E-state index in [0.29, 0.717) is 30.8 Å². The standard InChI is InChI=1S/C17H23F2N3O2/c1-2-24-17(23)15(13-10-21-8-7-14(13)20)22-9-11-5-3-4-6-12(11)16(18)19/h3-6,13,15-16,20-22H,2,7-10H2,1H3. The number of rotatable bonds is 7. The Morgan fingerprint density at radius 2 is 2.21 bits per heavy atom. The van der Waals surface area contributed by atoms with Gasteiger partial charge in [0.25, 0.3) is 6.43 Å². The maximum atomic E-state index is 13.1. The molecule has 2 rings (SSSR count). The maximum absolute atomic E-state index is 13.1. The van der Waals surface area contributed by atoms with Crippen LogP contribution in [0.3, 0.4) is 0 Å². The van der Waals surface area contributed by atoms with E-state index in [1.54, 1.807) is 25.1 Å². The molecule has 1 aromatic carbocycles. The topological polar surface area (TPSA) is 74.2 Å². The SMILES string of the molecule is CCOC(=O)C(NCc1ccccc1C(F)F)C1CNCCC1=N. The van der Waals surface area contributed by atoms with Crippen LogP contribution in [-0.2, 0) is 16.1 Å². The van der Waals surface area contributed by atoms with Gasteiger partial charge in [-0.3, -0.25) is 10.1 Å². The van der Waals surface area contributed by atoms with Crippen LogP contribution >= 0.6 is 0 Å². The predicted octanol–water partition coefficient (Wildman–Crippen LogP) is 2.27. The van der Waals surface area contributed by atoms with Gasteiger partial charge in [-0.15, -0.1) is 0 Å². The van der Waals surface area contributed by atoms with Gasteiger partial charge >= 0.3 is 5.97 Å². The second-order valence-electron chi connectivity index (χ2n) is 5.70. The van der Waals surface area contributed by atoms with Crippen molar-refractivity contribution < 1.29 is 18.3 Å². The zero-order chi connectivity index (χ0) is 17.5. The summed E-state index contributed by atoms with van der Waals surface area (Å²) in [6, 6.07) is 5.52. The molecule has 0 spiro atoms. The fourth-order valence-electron chi connectivity index (χ4n) is 2.86. The molecule has 3 N–H and O–H groups in total. The lowest BCUT2D eigenvalue weighted by Gasteiger charge is -2.31. The Balaban J connectivity index is 2.14. The van der Waals surface area contributed by atoms with Crippen molar-refractivity contribution in [1.29, 1.82) is 5.41 Å². The molecule has 132 valence electrons. The number of nitrogens with one attached hydrogen (secondary N) is 3. The van der Waals surface area contributed by atoms with E-state index in [1.807, 2.05) is 0 Å². The summed E-state index contributed by atoms with van der Waals surface area (Å²) in [5.41, 5.74) is 0.864. The Bertz CT molecular complexity index is 581. The van der Waals surface area contributed by atoms with Crippen molar-refractivity contribution in [2.75, 3.05) is 19.7 Å². The minimum absolute atomic E-state index is 0.0514. The molecule has 24 heavy (non-hydrogen) atoms. The molecule has 0 saturated carbocycles. The van der Waals surface area contributed by atoms with Crippen LogP contribution in [0.5, 0.6) is 0 Å². The quantitative estimate of drug-likeness (QED) is 0.666. The Morgan fingerprint density at radius 3 is 2.88 bits per heavy atom. The zero-order valence-corrected chi connectivity index (χ0v) is 13.6. The van der Waals surface area contributed by atoms with E-state index < -0.39 is 18.4 Å². The molecule has 0 amide bonds. The highest BCUT2D eigenvalue weighted by Gasteiger charge is 2.33. The van der Waals surface area contributed by atoms with Gasteiger partial charge in [0.15, 0.2) is 0 Å². The average Bonchev–Trinajstić information content (AvgIpc) is 2.57. The first-order chi connectivity index (χ1) is 11.5. The Morgan fingerprint density at radius 1 is 1.46 bits per heavy atom. The van der Waals surface area contributed by atoms with Crippen molar-refractivity contribution in [2.45, 2.75) is 32.4 Å². The first-order valence-electron chi connectivity index (χ1n) is 8.08.